The highest BCUT2D eigenvalue weighted by atomic mass is 31.0. The van der Waals surface area contributed by atoms with Gasteiger partial charge in [0.15, 0.2) is 0 Å². The summed E-state index contributed by atoms with van der Waals surface area (Å²) in [7, 11) is 6.51. The molecule has 1 saturated carbocycles. The largest absolute Gasteiger partial charge is 0.359 e. The lowest BCUT2D eigenvalue weighted by molar-refractivity contribution is -0.123. The van der Waals surface area contributed by atoms with Gasteiger partial charge in [-0.2, -0.15) is 0 Å². The van der Waals surface area contributed by atoms with Crippen molar-refractivity contribution in [1.82, 2.24) is 16.0 Å². The zero-order valence-corrected chi connectivity index (χ0v) is 17.1. The Kier molecular flexibility index (Phi) is 11.0. The van der Waals surface area contributed by atoms with Crippen molar-refractivity contribution in [3.63, 3.8) is 0 Å². The van der Waals surface area contributed by atoms with Gasteiger partial charge in [0.05, 0.1) is 13.0 Å². The summed E-state index contributed by atoms with van der Waals surface area (Å²) in [5.74, 6) is 0.473. The van der Waals surface area contributed by atoms with Gasteiger partial charge >= 0.3 is 0 Å². The van der Waals surface area contributed by atoms with E-state index < -0.39 is 0 Å². The number of hydrogen-bond donors (Lipinski definition) is 3. The predicted molar refractivity (Wildman–Crippen MR) is 111 cm³/mol. The van der Waals surface area contributed by atoms with E-state index in [0.717, 1.165) is 24.3 Å². The van der Waals surface area contributed by atoms with Crippen LogP contribution in [0.25, 0.3) is 0 Å². The average Bonchev–Trinajstić information content (AvgIpc) is 2.65. The molecule has 6 nitrogen and oxygen atoms in total. The van der Waals surface area contributed by atoms with Gasteiger partial charge in [0.2, 0.25) is 11.8 Å². The molecule has 2 rings (SSSR count). The van der Waals surface area contributed by atoms with Crippen molar-refractivity contribution < 1.29 is 14.4 Å². The van der Waals surface area contributed by atoms with Crippen LogP contribution in [0.5, 0.6) is 0 Å². The molecule has 0 spiro atoms. The van der Waals surface area contributed by atoms with Gasteiger partial charge < -0.3 is 16.0 Å². The van der Waals surface area contributed by atoms with Crippen LogP contribution in [-0.4, -0.2) is 43.7 Å². The van der Waals surface area contributed by atoms with Crippen molar-refractivity contribution in [2.75, 3.05) is 20.6 Å². The molecular formula is C20H30N3O3P. The zero-order chi connectivity index (χ0) is 20.1. The van der Waals surface area contributed by atoms with Crippen molar-refractivity contribution in [3.8, 4) is 0 Å². The van der Waals surface area contributed by atoms with Crippen LogP contribution in [0.2, 0.25) is 0 Å². The Morgan fingerprint density at radius 3 is 2.19 bits per heavy atom. The summed E-state index contributed by atoms with van der Waals surface area (Å²) >= 11 is 0. The molecule has 1 aliphatic rings. The van der Waals surface area contributed by atoms with E-state index in [0.29, 0.717) is 11.7 Å². The van der Waals surface area contributed by atoms with Crippen molar-refractivity contribution in [2.24, 2.45) is 5.92 Å². The van der Waals surface area contributed by atoms with E-state index in [-0.39, 0.29) is 24.3 Å². The number of likely N-dealkylation sites (N-methyl/N-ethyl adjacent to an activating group) is 2. The van der Waals surface area contributed by atoms with Crippen LogP contribution < -0.4 is 16.0 Å². The van der Waals surface area contributed by atoms with E-state index in [2.05, 4.69) is 24.8 Å². The number of amides is 3. The standard InChI is InChI=1S/C11H19N2O2P.C9H11NO/c1-12-10(14)7-13-11(15)9(16)6-5-8-3-2-4-8;1-10-9(11)7-8-5-3-2-4-6-8/h8,16H,2-7H2,1H3,(H,12,14)(H,13,15);2-6H,7H2,1H3,(H,10,11). The van der Waals surface area contributed by atoms with Crippen molar-refractivity contribution >= 4 is 31.9 Å². The highest BCUT2D eigenvalue weighted by Gasteiger charge is 2.18. The molecule has 0 radical (unpaired) electrons. The van der Waals surface area contributed by atoms with E-state index in [9.17, 15) is 14.4 Å². The topological polar surface area (TPSA) is 87.3 Å². The lowest BCUT2D eigenvalue weighted by Gasteiger charge is -2.25. The van der Waals surface area contributed by atoms with E-state index in [1.54, 1.807) is 14.1 Å². The highest BCUT2D eigenvalue weighted by molar-refractivity contribution is 7.25. The molecule has 0 atom stereocenters. The van der Waals surface area contributed by atoms with Gasteiger partial charge in [0, 0.05) is 19.4 Å². The summed E-state index contributed by atoms with van der Waals surface area (Å²) in [6.07, 6.45) is 6.20. The van der Waals surface area contributed by atoms with Crippen molar-refractivity contribution in [1.29, 1.82) is 0 Å². The first-order chi connectivity index (χ1) is 13.0. The molecule has 1 aliphatic carbocycles. The van der Waals surface area contributed by atoms with Gasteiger partial charge in [-0.25, -0.2) is 0 Å². The maximum atomic E-state index is 11.5. The fourth-order valence-electron chi connectivity index (χ4n) is 2.47. The second-order valence-electron chi connectivity index (χ2n) is 6.51. The smallest absolute Gasteiger partial charge is 0.251 e. The minimum Gasteiger partial charge on any atom is -0.359 e. The second kappa shape index (κ2) is 13.0. The molecular weight excluding hydrogens is 361 g/mol. The third kappa shape index (κ3) is 9.90. The Morgan fingerprint density at radius 2 is 1.67 bits per heavy atom. The lowest BCUT2D eigenvalue weighted by Crippen LogP contribution is -2.38. The van der Waals surface area contributed by atoms with E-state index >= 15 is 0 Å². The molecule has 1 fully saturated rings. The monoisotopic (exact) mass is 391 g/mol. The molecule has 7 heteroatoms. The summed E-state index contributed by atoms with van der Waals surface area (Å²) in [6.45, 7) is 0.0345. The molecule has 0 saturated heterocycles. The SMILES string of the molecule is CNC(=O)CNC(=O)C(=P)CCC1CCC1.CNC(=O)Cc1ccccc1. The van der Waals surface area contributed by atoms with E-state index in [4.69, 9.17) is 0 Å². The molecule has 0 aliphatic heterocycles. The van der Waals surface area contributed by atoms with Crippen LogP contribution in [0.3, 0.4) is 0 Å². The first-order valence-corrected chi connectivity index (χ1v) is 9.77. The Hall–Kier alpha value is -2.20. The summed E-state index contributed by atoms with van der Waals surface area (Å²) in [5.41, 5.74) is 1.05. The van der Waals surface area contributed by atoms with Crippen LogP contribution in [0, 0.1) is 5.92 Å². The maximum Gasteiger partial charge on any atom is 0.251 e. The number of benzene rings is 1. The van der Waals surface area contributed by atoms with Crippen LogP contribution in [0.1, 0.15) is 37.7 Å². The van der Waals surface area contributed by atoms with Crippen LogP contribution in [0.15, 0.2) is 30.3 Å². The molecule has 0 aromatic heterocycles. The normalized spacial score (nSPS) is 12.7. The summed E-state index contributed by atoms with van der Waals surface area (Å²) < 4.78 is 0. The second-order valence-corrected chi connectivity index (χ2v) is 7.11. The first kappa shape index (κ1) is 22.8. The van der Waals surface area contributed by atoms with Crippen LogP contribution in [0.4, 0.5) is 0 Å². The molecule has 1 aromatic rings. The minimum absolute atomic E-state index is 0.0345. The van der Waals surface area contributed by atoms with Crippen molar-refractivity contribution in [3.05, 3.63) is 35.9 Å². The van der Waals surface area contributed by atoms with Crippen LogP contribution >= 0.6 is 8.86 Å². The average molecular weight is 391 g/mol. The Labute approximate surface area is 163 Å². The Bertz CT molecular complexity index is 631. The summed E-state index contributed by atoms with van der Waals surface area (Å²) in [6, 6.07) is 9.67. The predicted octanol–water partition coefficient (Wildman–Crippen LogP) is 1.72. The summed E-state index contributed by atoms with van der Waals surface area (Å²) in [5, 5.41) is 8.21. The van der Waals surface area contributed by atoms with Gasteiger partial charge in [0.25, 0.3) is 5.91 Å². The summed E-state index contributed by atoms with van der Waals surface area (Å²) in [4.78, 5) is 33.3. The highest BCUT2D eigenvalue weighted by Crippen LogP contribution is 2.30. The fraction of sp³-hybridized carbons (Fsp3) is 0.500. The molecule has 3 amide bonds. The van der Waals surface area contributed by atoms with E-state index in [1.165, 1.54) is 19.3 Å². The quantitative estimate of drug-likeness (QED) is 0.590. The van der Waals surface area contributed by atoms with Gasteiger partial charge in [-0.15, -0.1) is 8.86 Å². The lowest BCUT2D eigenvalue weighted by atomic mass is 9.82. The minimum atomic E-state index is -0.188. The molecule has 1 aromatic carbocycles. The van der Waals surface area contributed by atoms with Gasteiger partial charge in [-0.1, -0.05) is 49.6 Å². The van der Waals surface area contributed by atoms with E-state index in [1.807, 2.05) is 30.3 Å². The fourth-order valence-corrected chi connectivity index (χ4v) is 2.70. The molecule has 3 N–H and O–H groups in total. The number of rotatable bonds is 8. The molecule has 0 bridgehead atoms. The van der Waals surface area contributed by atoms with Gasteiger partial charge in [0.1, 0.15) is 0 Å². The first-order valence-electron chi connectivity index (χ1n) is 9.27. The zero-order valence-electron chi connectivity index (χ0n) is 16.1. The number of carbonyl (C=O) groups excluding carboxylic acids is 3. The number of carbonyl (C=O) groups is 3. The van der Waals surface area contributed by atoms with Gasteiger partial charge in [-0.05, 0) is 24.3 Å². The maximum absolute atomic E-state index is 11.5. The van der Waals surface area contributed by atoms with Crippen LogP contribution in [-0.2, 0) is 20.8 Å². The third-order valence-corrected chi connectivity index (χ3v) is 4.95. The third-order valence-electron chi connectivity index (χ3n) is 4.48. The molecule has 0 heterocycles. The Balaban J connectivity index is 0.000000289. The molecule has 27 heavy (non-hydrogen) atoms. The number of nitrogens with one attached hydrogen (secondary N) is 3. The van der Waals surface area contributed by atoms with Gasteiger partial charge in [-0.3, -0.25) is 14.4 Å². The molecule has 0 unspecified atom stereocenters. The van der Waals surface area contributed by atoms with Crippen molar-refractivity contribution in [2.45, 2.75) is 38.5 Å². The Morgan fingerprint density at radius 1 is 1.04 bits per heavy atom. The number of hydrogen-bond acceptors (Lipinski definition) is 3. The molecule has 148 valence electrons.